The molecule has 0 aliphatic rings. The molecule has 2 aromatic rings. The van der Waals surface area contributed by atoms with Crippen molar-refractivity contribution in [1.29, 1.82) is 0 Å². The zero-order valence-corrected chi connectivity index (χ0v) is 9.87. The molecule has 2 rings (SSSR count). The van der Waals surface area contributed by atoms with E-state index < -0.39 is 0 Å². The molecule has 88 valence electrons. The number of nitrogens with zero attached hydrogens (tertiary/aromatic N) is 2. The molecule has 2 heterocycles. The maximum Gasteiger partial charge on any atom is 0.272 e. The molecule has 0 unspecified atom stereocenters. The van der Waals surface area contributed by atoms with Gasteiger partial charge in [-0.2, -0.15) is 5.10 Å². The molecule has 1 amide bonds. The fourth-order valence-electron chi connectivity index (χ4n) is 1.20. The van der Waals surface area contributed by atoms with Crippen molar-refractivity contribution in [2.45, 2.75) is 13.5 Å². The van der Waals surface area contributed by atoms with Crippen LogP contribution in [0.1, 0.15) is 20.4 Å². The minimum Gasteiger partial charge on any atom is -0.344 e. The molecule has 2 N–H and O–H groups in total. The molecule has 0 aromatic carbocycles. The zero-order valence-electron chi connectivity index (χ0n) is 9.06. The fourth-order valence-corrected chi connectivity index (χ4v) is 1.93. The van der Waals surface area contributed by atoms with Gasteiger partial charge in [-0.3, -0.25) is 9.59 Å². The quantitative estimate of drug-likeness (QED) is 0.828. The third kappa shape index (κ3) is 2.97. The summed E-state index contributed by atoms with van der Waals surface area (Å²) in [4.78, 5) is 27.6. The van der Waals surface area contributed by atoms with E-state index in [2.05, 4.69) is 20.5 Å². The molecule has 0 radical (unpaired) electrons. The molecule has 0 spiro atoms. The Bertz CT molecular complexity index is 569. The average Bonchev–Trinajstić information content (AvgIpc) is 2.73. The Morgan fingerprint density at radius 1 is 1.53 bits per heavy atom. The Labute approximate surface area is 101 Å². The molecule has 0 atom stereocenters. The Hall–Kier alpha value is -2.02. The second kappa shape index (κ2) is 4.88. The Morgan fingerprint density at radius 2 is 2.35 bits per heavy atom. The summed E-state index contributed by atoms with van der Waals surface area (Å²) in [6.07, 6.45) is 1.75. The molecule has 2 aromatic heterocycles. The second-order valence-corrected chi connectivity index (χ2v) is 4.67. The lowest BCUT2D eigenvalue weighted by Gasteiger charge is -2.00. The van der Waals surface area contributed by atoms with Gasteiger partial charge in [-0.25, -0.2) is 10.1 Å². The fraction of sp³-hybridized carbons (Fsp3) is 0.200. The molecule has 0 fully saturated rings. The first-order valence-electron chi connectivity index (χ1n) is 4.90. The number of amides is 1. The van der Waals surface area contributed by atoms with E-state index >= 15 is 0 Å². The van der Waals surface area contributed by atoms with Crippen LogP contribution in [0.5, 0.6) is 0 Å². The number of carbonyl (C=O) groups is 1. The van der Waals surface area contributed by atoms with E-state index in [1.165, 1.54) is 23.5 Å². The minimum absolute atomic E-state index is 0.179. The van der Waals surface area contributed by atoms with E-state index in [4.69, 9.17) is 0 Å². The van der Waals surface area contributed by atoms with Crippen molar-refractivity contribution in [1.82, 2.24) is 20.5 Å². The molecule has 0 aliphatic carbocycles. The first-order chi connectivity index (χ1) is 8.15. The molecule has 17 heavy (non-hydrogen) atoms. The van der Waals surface area contributed by atoms with E-state index in [0.29, 0.717) is 6.54 Å². The van der Waals surface area contributed by atoms with Gasteiger partial charge in [-0.1, -0.05) is 0 Å². The van der Waals surface area contributed by atoms with Crippen LogP contribution in [-0.2, 0) is 6.54 Å². The lowest BCUT2D eigenvalue weighted by molar-refractivity contribution is 0.0944. The number of H-pyrrole nitrogens is 1. The van der Waals surface area contributed by atoms with Gasteiger partial charge < -0.3 is 5.32 Å². The number of thiazole rings is 1. The molecule has 0 bridgehead atoms. The average molecular weight is 250 g/mol. The van der Waals surface area contributed by atoms with Gasteiger partial charge in [0.1, 0.15) is 10.7 Å². The number of aryl methyl sites for hydroxylation is 1. The van der Waals surface area contributed by atoms with E-state index in [1.807, 2.05) is 6.92 Å². The number of hydrogen-bond acceptors (Lipinski definition) is 5. The standard InChI is InChI=1S/C10H10N4O2S/c1-6-4-11-9(17-6)5-12-10(16)7-2-3-8(15)14-13-7/h2-4H,5H2,1H3,(H,12,16)(H,14,15). The van der Waals surface area contributed by atoms with E-state index in [0.717, 1.165) is 9.88 Å². The number of hydrogen-bond donors (Lipinski definition) is 2. The van der Waals surface area contributed by atoms with Gasteiger partial charge >= 0.3 is 0 Å². The van der Waals surface area contributed by atoms with Crippen molar-refractivity contribution in [2.75, 3.05) is 0 Å². The van der Waals surface area contributed by atoms with Crippen LogP contribution in [0, 0.1) is 6.92 Å². The highest BCUT2D eigenvalue weighted by Gasteiger charge is 2.07. The second-order valence-electron chi connectivity index (χ2n) is 3.35. The van der Waals surface area contributed by atoms with Crippen molar-refractivity contribution in [3.63, 3.8) is 0 Å². The van der Waals surface area contributed by atoms with Gasteiger partial charge in [-0.15, -0.1) is 11.3 Å². The summed E-state index contributed by atoms with van der Waals surface area (Å²) in [5.41, 5.74) is -0.157. The highest BCUT2D eigenvalue weighted by molar-refractivity contribution is 7.11. The molecular weight excluding hydrogens is 240 g/mol. The van der Waals surface area contributed by atoms with Crippen LogP contribution in [0.2, 0.25) is 0 Å². The maximum atomic E-state index is 11.6. The molecule has 0 saturated carbocycles. The Balaban J connectivity index is 1.98. The third-order valence-corrected chi connectivity index (χ3v) is 2.89. The SMILES string of the molecule is Cc1cnc(CNC(=O)c2ccc(=O)[nH]n2)s1. The van der Waals surface area contributed by atoms with Crippen LogP contribution in [-0.4, -0.2) is 21.1 Å². The molecule has 0 saturated heterocycles. The highest BCUT2D eigenvalue weighted by atomic mass is 32.1. The van der Waals surface area contributed by atoms with Gasteiger partial charge in [0, 0.05) is 17.1 Å². The highest BCUT2D eigenvalue weighted by Crippen LogP contribution is 2.10. The summed E-state index contributed by atoms with van der Waals surface area (Å²) in [5.74, 6) is -0.339. The predicted molar refractivity (Wildman–Crippen MR) is 62.9 cm³/mol. The lowest BCUT2D eigenvalue weighted by atomic mass is 10.3. The predicted octanol–water partition coefficient (Wildman–Crippen LogP) is 0.465. The first-order valence-corrected chi connectivity index (χ1v) is 5.72. The topological polar surface area (TPSA) is 87.7 Å². The van der Waals surface area contributed by atoms with Crippen LogP contribution in [0.3, 0.4) is 0 Å². The molecule has 0 aliphatic heterocycles. The van der Waals surface area contributed by atoms with Gasteiger partial charge in [-0.05, 0) is 13.0 Å². The largest absolute Gasteiger partial charge is 0.344 e. The molecular formula is C10H10N4O2S. The van der Waals surface area contributed by atoms with Crippen molar-refractivity contribution in [2.24, 2.45) is 0 Å². The summed E-state index contributed by atoms with van der Waals surface area (Å²) in [5, 5.41) is 9.34. The number of rotatable bonds is 3. The normalized spacial score (nSPS) is 10.2. The summed E-state index contributed by atoms with van der Waals surface area (Å²) in [6, 6.07) is 2.64. The summed E-state index contributed by atoms with van der Waals surface area (Å²) in [6.45, 7) is 2.31. The monoisotopic (exact) mass is 250 g/mol. The zero-order chi connectivity index (χ0) is 12.3. The van der Waals surface area contributed by atoms with Crippen LogP contribution >= 0.6 is 11.3 Å². The molecule has 7 heteroatoms. The summed E-state index contributed by atoms with van der Waals surface area (Å²) >= 11 is 1.52. The molecule has 6 nitrogen and oxygen atoms in total. The number of carbonyl (C=O) groups excluding carboxylic acids is 1. The smallest absolute Gasteiger partial charge is 0.272 e. The maximum absolute atomic E-state index is 11.6. The number of nitrogens with one attached hydrogen (secondary N) is 2. The number of aromatic nitrogens is 3. The van der Waals surface area contributed by atoms with E-state index in [1.54, 1.807) is 6.20 Å². The first kappa shape index (κ1) is 11.5. The minimum atomic E-state index is -0.339. The van der Waals surface area contributed by atoms with Crippen LogP contribution in [0.4, 0.5) is 0 Å². The van der Waals surface area contributed by atoms with Crippen molar-refractivity contribution < 1.29 is 4.79 Å². The summed E-state index contributed by atoms with van der Waals surface area (Å²) in [7, 11) is 0. The number of aromatic amines is 1. The van der Waals surface area contributed by atoms with Gasteiger partial charge in [0.2, 0.25) is 0 Å². The van der Waals surface area contributed by atoms with Crippen molar-refractivity contribution >= 4 is 17.2 Å². The lowest BCUT2D eigenvalue weighted by Crippen LogP contribution is -2.25. The van der Waals surface area contributed by atoms with Gasteiger partial charge in [0.05, 0.1) is 6.54 Å². The Morgan fingerprint density at radius 3 is 2.94 bits per heavy atom. The van der Waals surface area contributed by atoms with Crippen LogP contribution in [0.25, 0.3) is 0 Å². The van der Waals surface area contributed by atoms with Crippen molar-refractivity contribution in [3.8, 4) is 0 Å². The van der Waals surface area contributed by atoms with E-state index in [-0.39, 0.29) is 17.2 Å². The van der Waals surface area contributed by atoms with Crippen LogP contribution < -0.4 is 10.9 Å². The Kier molecular flexibility index (Phi) is 3.29. The van der Waals surface area contributed by atoms with Gasteiger partial charge in [0.25, 0.3) is 11.5 Å². The van der Waals surface area contributed by atoms with Crippen molar-refractivity contribution in [3.05, 3.63) is 44.3 Å². The van der Waals surface area contributed by atoms with Gasteiger partial charge in [0.15, 0.2) is 0 Å². The van der Waals surface area contributed by atoms with Crippen LogP contribution in [0.15, 0.2) is 23.1 Å². The third-order valence-electron chi connectivity index (χ3n) is 1.98. The summed E-state index contributed by atoms with van der Waals surface area (Å²) < 4.78 is 0. The van der Waals surface area contributed by atoms with E-state index in [9.17, 15) is 9.59 Å².